The van der Waals surface area contributed by atoms with E-state index in [1.165, 1.54) is 12.1 Å². The fourth-order valence-electron chi connectivity index (χ4n) is 1.93. The maximum atomic E-state index is 12.5. The minimum atomic E-state index is -1.04. The number of carbonyl (C=O) groups is 2. The van der Waals surface area contributed by atoms with Crippen LogP contribution in [0.5, 0.6) is 0 Å². The zero-order valence-electron chi connectivity index (χ0n) is 12.8. The highest BCUT2D eigenvalue weighted by Crippen LogP contribution is 2.10. The van der Waals surface area contributed by atoms with Crippen LogP contribution in [0.15, 0.2) is 12.1 Å². The number of unbranched alkanes of at least 4 members (excludes halogenated alkanes) is 1. The molecular formula is C15H22N2O4. The number of nitrogens with zero attached hydrogens (tertiary/aromatic N) is 2. The normalized spacial score (nSPS) is 10.4. The minimum Gasteiger partial charge on any atom is -0.478 e. The highest BCUT2D eigenvalue weighted by atomic mass is 16.5. The summed E-state index contributed by atoms with van der Waals surface area (Å²) in [5, 5.41) is 8.98. The summed E-state index contributed by atoms with van der Waals surface area (Å²) < 4.78 is 5.02. The van der Waals surface area contributed by atoms with Crippen LogP contribution < -0.4 is 0 Å². The smallest absolute Gasteiger partial charge is 0.337 e. The summed E-state index contributed by atoms with van der Waals surface area (Å²) in [6, 6.07) is 2.89. The van der Waals surface area contributed by atoms with Crippen molar-refractivity contribution in [3.63, 3.8) is 0 Å². The number of carbonyl (C=O) groups excluding carboxylic acids is 1. The van der Waals surface area contributed by atoms with Crippen molar-refractivity contribution in [2.45, 2.75) is 26.7 Å². The minimum absolute atomic E-state index is 0.114. The van der Waals surface area contributed by atoms with Crippen molar-refractivity contribution in [2.75, 3.05) is 26.8 Å². The molecule has 0 spiro atoms. The van der Waals surface area contributed by atoms with Crippen LogP contribution in [0.4, 0.5) is 0 Å². The Labute approximate surface area is 124 Å². The number of carboxylic acid groups (broad SMARTS) is 1. The Morgan fingerprint density at radius 1 is 1.33 bits per heavy atom. The van der Waals surface area contributed by atoms with Gasteiger partial charge in [0.15, 0.2) is 0 Å². The van der Waals surface area contributed by atoms with E-state index in [-0.39, 0.29) is 17.2 Å². The van der Waals surface area contributed by atoms with E-state index in [1.807, 2.05) is 0 Å². The maximum Gasteiger partial charge on any atom is 0.337 e. The van der Waals surface area contributed by atoms with Crippen molar-refractivity contribution in [3.8, 4) is 0 Å². The lowest BCUT2D eigenvalue weighted by Crippen LogP contribution is -2.35. The van der Waals surface area contributed by atoms with E-state index in [0.29, 0.717) is 25.4 Å². The number of aromatic carboxylic acids is 1. The van der Waals surface area contributed by atoms with Gasteiger partial charge in [-0.25, -0.2) is 9.78 Å². The average Bonchev–Trinajstić information content (AvgIpc) is 2.46. The molecule has 0 fully saturated rings. The first kappa shape index (κ1) is 17.1. The van der Waals surface area contributed by atoms with E-state index < -0.39 is 5.97 Å². The van der Waals surface area contributed by atoms with Crippen molar-refractivity contribution in [3.05, 3.63) is 29.1 Å². The molecule has 0 aliphatic heterocycles. The Kier molecular flexibility index (Phi) is 6.81. The third-order valence-electron chi connectivity index (χ3n) is 3.17. The number of methoxy groups -OCH3 is 1. The molecule has 1 amide bonds. The highest BCUT2D eigenvalue weighted by molar-refractivity contribution is 5.94. The summed E-state index contributed by atoms with van der Waals surface area (Å²) in [5.74, 6) is -1.23. The van der Waals surface area contributed by atoms with Gasteiger partial charge >= 0.3 is 5.97 Å². The van der Waals surface area contributed by atoms with Gasteiger partial charge in [-0.1, -0.05) is 13.3 Å². The van der Waals surface area contributed by atoms with Gasteiger partial charge in [0.25, 0.3) is 5.91 Å². The molecule has 6 nitrogen and oxygen atoms in total. The molecule has 0 atom stereocenters. The summed E-state index contributed by atoms with van der Waals surface area (Å²) in [5.41, 5.74) is 0.726. The second kappa shape index (κ2) is 8.36. The van der Waals surface area contributed by atoms with E-state index in [0.717, 1.165) is 12.8 Å². The summed E-state index contributed by atoms with van der Waals surface area (Å²) in [6.07, 6.45) is 1.89. The first-order valence-corrected chi connectivity index (χ1v) is 7.00. The first-order valence-electron chi connectivity index (χ1n) is 7.00. The van der Waals surface area contributed by atoms with Crippen molar-refractivity contribution in [2.24, 2.45) is 0 Å². The van der Waals surface area contributed by atoms with E-state index in [9.17, 15) is 9.59 Å². The number of amides is 1. The molecule has 0 aromatic carbocycles. The lowest BCUT2D eigenvalue weighted by Gasteiger charge is -2.22. The Balaban J connectivity index is 2.91. The molecule has 0 bridgehead atoms. The van der Waals surface area contributed by atoms with Crippen LogP contribution in [0.2, 0.25) is 0 Å². The second-order valence-corrected chi connectivity index (χ2v) is 4.77. The number of pyridine rings is 1. The number of aromatic nitrogens is 1. The van der Waals surface area contributed by atoms with Crippen molar-refractivity contribution in [1.82, 2.24) is 9.88 Å². The largest absolute Gasteiger partial charge is 0.478 e. The van der Waals surface area contributed by atoms with Gasteiger partial charge in [0.05, 0.1) is 17.9 Å². The van der Waals surface area contributed by atoms with Crippen LogP contribution >= 0.6 is 0 Å². The third kappa shape index (κ3) is 4.82. The third-order valence-corrected chi connectivity index (χ3v) is 3.17. The molecule has 0 aliphatic rings. The monoisotopic (exact) mass is 294 g/mol. The first-order chi connectivity index (χ1) is 10.0. The Hall–Kier alpha value is -1.95. The van der Waals surface area contributed by atoms with Gasteiger partial charge in [-0.2, -0.15) is 0 Å². The summed E-state index contributed by atoms with van der Waals surface area (Å²) in [6.45, 7) is 5.24. The van der Waals surface area contributed by atoms with Crippen LogP contribution in [0.25, 0.3) is 0 Å². The van der Waals surface area contributed by atoms with Crippen LogP contribution in [-0.4, -0.2) is 53.7 Å². The number of hydrogen-bond acceptors (Lipinski definition) is 4. The molecule has 1 rings (SSSR count). The molecule has 0 saturated carbocycles. The highest BCUT2D eigenvalue weighted by Gasteiger charge is 2.18. The predicted molar refractivity (Wildman–Crippen MR) is 78.6 cm³/mol. The topological polar surface area (TPSA) is 79.7 Å². The second-order valence-electron chi connectivity index (χ2n) is 4.77. The van der Waals surface area contributed by atoms with E-state index in [4.69, 9.17) is 9.84 Å². The van der Waals surface area contributed by atoms with Gasteiger partial charge in [0.2, 0.25) is 0 Å². The molecule has 6 heteroatoms. The molecular weight excluding hydrogens is 272 g/mol. The van der Waals surface area contributed by atoms with Gasteiger partial charge in [-0.15, -0.1) is 0 Å². The predicted octanol–water partition coefficient (Wildman–Crippen LogP) is 1.98. The zero-order valence-corrected chi connectivity index (χ0v) is 12.8. The van der Waals surface area contributed by atoms with E-state index in [2.05, 4.69) is 11.9 Å². The zero-order chi connectivity index (χ0) is 15.8. The molecule has 1 aromatic heterocycles. The molecule has 1 aromatic rings. The number of rotatable bonds is 8. The molecule has 0 aliphatic carbocycles. The Morgan fingerprint density at radius 2 is 2.05 bits per heavy atom. The summed E-state index contributed by atoms with van der Waals surface area (Å²) in [4.78, 5) is 29.2. The SMILES string of the molecule is CCCCN(CCOC)C(=O)c1ccc(C(=O)O)c(C)n1. The Bertz CT molecular complexity index is 494. The van der Waals surface area contributed by atoms with Gasteiger partial charge in [-0.3, -0.25) is 4.79 Å². The Morgan fingerprint density at radius 3 is 2.57 bits per heavy atom. The van der Waals surface area contributed by atoms with E-state index in [1.54, 1.807) is 18.9 Å². The lowest BCUT2D eigenvalue weighted by atomic mass is 10.1. The maximum absolute atomic E-state index is 12.5. The van der Waals surface area contributed by atoms with Crippen LogP contribution in [0.3, 0.4) is 0 Å². The number of carboxylic acids is 1. The van der Waals surface area contributed by atoms with Gasteiger partial charge in [0, 0.05) is 20.2 Å². The number of hydrogen-bond donors (Lipinski definition) is 1. The fraction of sp³-hybridized carbons (Fsp3) is 0.533. The van der Waals surface area contributed by atoms with Crippen molar-refractivity contribution in [1.29, 1.82) is 0 Å². The molecule has 1 N–H and O–H groups in total. The van der Waals surface area contributed by atoms with Crippen LogP contribution in [0, 0.1) is 6.92 Å². The quantitative estimate of drug-likeness (QED) is 0.793. The van der Waals surface area contributed by atoms with Gasteiger partial charge in [-0.05, 0) is 25.5 Å². The molecule has 21 heavy (non-hydrogen) atoms. The molecule has 1 heterocycles. The summed E-state index contributed by atoms with van der Waals surface area (Å²) in [7, 11) is 1.59. The molecule has 0 saturated heterocycles. The standard InChI is InChI=1S/C15H22N2O4/c1-4-5-8-17(9-10-21-3)14(18)13-7-6-12(15(19)20)11(2)16-13/h6-7H,4-5,8-10H2,1-3H3,(H,19,20). The molecule has 116 valence electrons. The fourth-order valence-corrected chi connectivity index (χ4v) is 1.93. The summed E-state index contributed by atoms with van der Waals surface area (Å²) >= 11 is 0. The van der Waals surface area contributed by atoms with Crippen molar-refractivity contribution >= 4 is 11.9 Å². The lowest BCUT2D eigenvalue weighted by molar-refractivity contribution is 0.0676. The average molecular weight is 294 g/mol. The van der Waals surface area contributed by atoms with Gasteiger partial charge < -0.3 is 14.7 Å². The number of aryl methyl sites for hydroxylation is 1. The van der Waals surface area contributed by atoms with E-state index >= 15 is 0 Å². The van der Waals surface area contributed by atoms with Crippen molar-refractivity contribution < 1.29 is 19.4 Å². The molecule has 0 unspecified atom stereocenters. The van der Waals surface area contributed by atoms with Crippen LogP contribution in [0.1, 0.15) is 46.3 Å². The molecule has 0 radical (unpaired) electrons. The number of ether oxygens (including phenoxy) is 1. The van der Waals surface area contributed by atoms with Gasteiger partial charge in [0.1, 0.15) is 5.69 Å². The van der Waals surface area contributed by atoms with Crippen LogP contribution in [-0.2, 0) is 4.74 Å².